The van der Waals surface area contributed by atoms with Crippen LogP contribution in [-0.2, 0) is 4.74 Å². The lowest BCUT2D eigenvalue weighted by Crippen LogP contribution is -2.23. The van der Waals surface area contributed by atoms with E-state index in [4.69, 9.17) is 4.74 Å². The molecule has 3 rings (SSSR count). The number of anilines is 1. The van der Waals surface area contributed by atoms with Gasteiger partial charge in [0.05, 0.1) is 0 Å². The molecule has 1 fully saturated rings. The van der Waals surface area contributed by atoms with Gasteiger partial charge in [-0.15, -0.1) is 10.2 Å². The van der Waals surface area contributed by atoms with Crippen LogP contribution in [0, 0.1) is 0 Å². The molecule has 0 spiro atoms. The lowest BCUT2D eigenvalue weighted by molar-refractivity contribution is 0.378. The molecule has 2 atom stereocenters. The van der Waals surface area contributed by atoms with Crippen molar-refractivity contribution in [3.05, 3.63) is 24.5 Å². The molecule has 1 aliphatic rings. The Hall–Kier alpha value is -1.18. The zero-order valence-corrected chi connectivity index (χ0v) is 13.0. The van der Waals surface area contributed by atoms with Crippen LogP contribution in [-0.4, -0.2) is 46.1 Å². The van der Waals surface area contributed by atoms with Gasteiger partial charge < -0.3 is 9.64 Å². The SMILES string of the molecule is CCSCC1OC1N(C)c1nnc(-c2cccnc2)s1. The maximum Gasteiger partial charge on any atom is 0.210 e. The van der Waals surface area contributed by atoms with Crippen molar-refractivity contribution in [3.63, 3.8) is 0 Å². The van der Waals surface area contributed by atoms with Crippen molar-refractivity contribution in [2.45, 2.75) is 19.3 Å². The van der Waals surface area contributed by atoms with Crippen molar-refractivity contribution in [1.82, 2.24) is 15.2 Å². The highest BCUT2D eigenvalue weighted by atomic mass is 32.2. The third-order valence-corrected chi connectivity index (χ3v) is 5.08. The van der Waals surface area contributed by atoms with Gasteiger partial charge in [-0.1, -0.05) is 18.3 Å². The first kappa shape index (κ1) is 13.8. The van der Waals surface area contributed by atoms with Crippen molar-refractivity contribution < 1.29 is 4.74 Å². The van der Waals surface area contributed by atoms with Gasteiger partial charge in [-0.25, -0.2) is 0 Å². The Morgan fingerprint density at radius 2 is 2.35 bits per heavy atom. The summed E-state index contributed by atoms with van der Waals surface area (Å²) in [5.74, 6) is 2.17. The minimum Gasteiger partial charge on any atom is -0.347 e. The summed E-state index contributed by atoms with van der Waals surface area (Å²) < 4.78 is 5.68. The van der Waals surface area contributed by atoms with Gasteiger partial charge in [0, 0.05) is 30.8 Å². The van der Waals surface area contributed by atoms with Crippen LogP contribution in [0.15, 0.2) is 24.5 Å². The van der Waals surface area contributed by atoms with Crippen molar-refractivity contribution in [3.8, 4) is 10.6 Å². The van der Waals surface area contributed by atoms with Crippen molar-refractivity contribution in [2.75, 3.05) is 23.5 Å². The van der Waals surface area contributed by atoms with Crippen LogP contribution in [0.2, 0.25) is 0 Å². The second-order valence-electron chi connectivity index (χ2n) is 4.47. The topological polar surface area (TPSA) is 54.4 Å². The Morgan fingerprint density at radius 3 is 3.10 bits per heavy atom. The van der Waals surface area contributed by atoms with Gasteiger partial charge in [-0.3, -0.25) is 4.98 Å². The number of epoxide rings is 1. The number of likely N-dealkylation sites (N-methyl/N-ethyl adjacent to an activating group) is 1. The van der Waals surface area contributed by atoms with Gasteiger partial charge in [0.15, 0.2) is 11.2 Å². The fraction of sp³-hybridized carbons (Fsp3) is 0.462. The van der Waals surface area contributed by atoms with Gasteiger partial charge in [0.1, 0.15) is 6.10 Å². The summed E-state index contributed by atoms with van der Waals surface area (Å²) in [7, 11) is 2.01. The first-order valence-corrected chi connectivity index (χ1v) is 8.46. The number of aromatic nitrogens is 3. The number of ether oxygens (including phenoxy) is 1. The highest BCUT2D eigenvalue weighted by molar-refractivity contribution is 7.99. The number of hydrogen-bond donors (Lipinski definition) is 0. The van der Waals surface area contributed by atoms with E-state index in [1.54, 1.807) is 23.7 Å². The molecule has 0 bridgehead atoms. The zero-order valence-electron chi connectivity index (χ0n) is 11.4. The maximum atomic E-state index is 5.68. The van der Waals surface area contributed by atoms with E-state index < -0.39 is 0 Å². The van der Waals surface area contributed by atoms with E-state index >= 15 is 0 Å². The molecule has 1 aliphatic heterocycles. The molecule has 1 saturated heterocycles. The standard InChI is InChI=1S/C13H16N4OS2/c1-3-19-8-10-12(18-10)17(2)13-16-15-11(20-13)9-5-4-6-14-7-9/h4-7,10,12H,3,8H2,1-2H3. The van der Waals surface area contributed by atoms with Crippen LogP contribution in [0.25, 0.3) is 10.6 Å². The molecular weight excluding hydrogens is 292 g/mol. The lowest BCUT2D eigenvalue weighted by atomic mass is 10.3. The molecule has 0 radical (unpaired) electrons. The Morgan fingerprint density at radius 1 is 1.45 bits per heavy atom. The summed E-state index contributed by atoms with van der Waals surface area (Å²) in [5, 5.41) is 10.3. The molecule has 7 heteroatoms. The lowest BCUT2D eigenvalue weighted by Gasteiger charge is -2.11. The largest absolute Gasteiger partial charge is 0.347 e. The Balaban J connectivity index is 1.66. The molecule has 2 aromatic rings. The summed E-state index contributed by atoms with van der Waals surface area (Å²) in [6, 6.07) is 3.90. The molecule has 0 amide bonds. The summed E-state index contributed by atoms with van der Waals surface area (Å²) in [6.45, 7) is 2.16. The number of nitrogens with zero attached hydrogens (tertiary/aromatic N) is 4. The highest BCUT2D eigenvalue weighted by Gasteiger charge is 2.43. The number of rotatable bonds is 6. The van der Waals surface area contributed by atoms with E-state index in [0.29, 0.717) is 6.10 Å². The number of thioether (sulfide) groups is 1. The average molecular weight is 308 g/mol. The smallest absolute Gasteiger partial charge is 0.210 e. The van der Waals surface area contributed by atoms with Crippen LogP contribution in [0.1, 0.15) is 6.92 Å². The molecule has 0 aliphatic carbocycles. The van der Waals surface area contributed by atoms with Gasteiger partial charge in [-0.2, -0.15) is 11.8 Å². The molecule has 20 heavy (non-hydrogen) atoms. The first-order valence-electron chi connectivity index (χ1n) is 6.49. The Bertz CT molecular complexity index is 563. The predicted octanol–water partition coefficient (Wildman–Crippen LogP) is 2.51. The van der Waals surface area contributed by atoms with Crippen LogP contribution in [0.4, 0.5) is 5.13 Å². The Kier molecular flexibility index (Phi) is 4.18. The molecule has 2 unspecified atom stereocenters. The average Bonchev–Trinajstić information content (AvgIpc) is 3.10. The fourth-order valence-corrected chi connectivity index (χ4v) is 3.44. The van der Waals surface area contributed by atoms with Crippen LogP contribution < -0.4 is 4.90 Å². The molecular formula is C13H16N4OS2. The molecule has 2 aromatic heterocycles. The maximum absolute atomic E-state index is 5.68. The van der Waals surface area contributed by atoms with Crippen molar-refractivity contribution in [1.29, 1.82) is 0 Å². The number of hydrogen-bond acceptors (Lipinski definition) is 7. The third kappa shape index (κ3) is 2.94. The third-order valence-electron chi connectivity index (χ3n) is 3.05. The van der Waals surface area contributed by atoms with Crippen LogP contribution in [0.3, 0.4) is 0 Å². The zero-order chi connectivity index (χ0) is 13.9. The van der Waals surface area contributed by atoms with Crippen LogP contribution >= 0.6 is 23.1 Å². The first-order chi connectivity index (χ1) is 9.79. The van der Waals surface area contributed by atoms with Crippen molar-refractivity contribution >= 4 is 28.2 Å². The van der Waals surface area contributed by atoms with Crippen molar-refractivity contribution in [2.24, 2.45) is 0 Å². The van der Waals surface area contributed by atoms with Gasteiger partial charge in [0.2, 0.25) is 5.13 Å². The molecule has 3 heterocycles. The molecule has 0 N–H and O–H groups in total. The fourth-order valence-electron chi connectivity index (χ4n) is 1.90. The van der Waals surface area contributed by atoms with Gasteiger partial charge in [-0.05, 0) is 17.9 Å². The van der Waals surface area contributed by atoms with E-state index in [1.165, 1.54) is 0 Å². The van der Waals surface area contributed by atoms with E-state index in [0.717, 1.165) is 27.2 Å². The highest BCUT2D eigenvalue weighted by Crippen LogP contribution is 2.35. The van der Waals surface area contributed by atoms with E-state index in [9.17, 15) is 0 Å². The number of pyridine rings is 1. The van der Waals surface area contributed by atoms with E-state index in [1.807, 2.05) is 30.9 Å². The van der Waals surface area contributed by atoms with Gasteiger partial charge >= 0.3 is 0 Å². The molecule has 106 valence electrons. The summed E-state index contributed by atoms with van der Waals surface area (Å²) >= 11 is 3.47. The minimum atomic E-state index is 0.142. The molecule has 0 aromatic carbocycles. The monoisotopic (exact) mass is 308 g/mol. The summed E-state index contributed by atoms with van der Waals surface area (Å²) in [5.41, 5.74) is 0.999. The normalized spacial score (nSPS) is 20.9. The summed E-state index contributed by atoms with van der Waals surface area (Å²) in [4.78, 5) is 6.17. The van der Waals surface area contributed by atoms with Crippen LogP contribution in [0.5, 0.6) is 0 Å². The summed E-state index contributed by atoms with van der Waals surface area (Å²) in [6.07, 6.45) is 4.02. The molecule has 0 saturated carbocycles. The second kappa shape index (κ2) is 6.07. The predicted molar refractivity (Wildman–Crippen MR) is 83.2 cm³/mol. The molecule has 5 nitrogen and oxygen atoms in total. The quantitative estimate of drug-likeness (QED) is 0.764. The van der Waals surface area contributed by atoms with E-state index in [2.05, 4.69) is 27.0 Å². The second-order valence-corrected chi connectivity index (χ2v) is 6.74. The van der Waals surface area contributed by atoms with E-state index in [-0.39, 0.29) is 6.23 Å². The minimum absolute atomic E-state index is 0.142. The Labute approximate surface area is 126 Å². The van der Waals surface area contributed by atoms with Gasteiger partial charge in [0.25, 0.3) is 0 Å².